The van der Waals surface area contributed by atoms with E-state index in [1.807, 2.05) is 0 Å². The standard InChI is InChI=1S/C45H58N4O6/c50-43(51)39(36-11-16-46-26-36)23-29-7-9-32(10-8-29)33-14-19-49(20-15-33)42(34-5-1-3-30(21-34)24-40(44(52)53)37-12-17-47-27-37)35-6-2-4-31(22-35)25-41(45(54)55)38-13-18-48-28-38/h1-10,21-22,33,36-42,46-48H,11-20,23-28H2,(H,50,51)(H,52,53)(H,54,55)/t36-,37-,38-,39-,40-,41-/m0/s1. The maximum absolute atomic E-state index is 12.4. The van der Waals surface area contributed by atoms with E-state index >= 15 is 0 Å². The Labute approximate surface area is 325 Å². The van der Waals surface area contributed by atoms with Crippen LogP contribution >= 0.6 is 0 Å². The molecule has 10 heteroatoms. The number of rotatable bonds is 16. The third-order valence-electron chi connectivity index (χ3n) is 13.2. The van der Waals surface area contributed by atoms with Gasteiger partial charge in [0.25, 0.3) is 0 Å². The van der Waals surface area contributed by atoms with Crippen LogP contribution in [-0.4, -0.2) is 90.5 Å². The fourth-order valence-corrected chi connectivity index (χ4v) is 10.0. The van der Waals surface area contributed by atoms with Crippen molar-refractivity contribution >= 4 is 17.9 Å². The van der Waals surface area contributed by atoms with E-state index in [1.54, 1.807) is 0 Å². The van der Waals surface area contributed by atoms with Gasteiger partial charge in [-0.1, -0.05) is 72.8 Å². The van der Waals surface area contributed by atoms with Crippen LogP contribution in [0.3, 0.4) is 0 Å². The van der Waals surface area contributed by atoms with Gasteiger partial charge in [0.15, 0.2) is 0 Å². The second-order valence-electron chi connectivity index (χ2n) is 16.6. The van der Waals surface area contributed by atoms with Crippen LogP contribution in [0.2, 0.25) is 0 Å². The first-order valence-corrected chi connectivity index (χ1v) is 20.5. The second-order valence-corrected chi connectivity index (χ2v) is 16.6. The number of piperidine rings is 1. The lowest BCUT2D eigenvalue weighted by Gasteiger charge is -2.38. The number of hydrogen-bond donors (Lipinski definition) is 6. The number of likely N-dealkylation sites (tertiary alicyclic amines) is 1. The van der Waals surface area contributed by atoms with Gasteiger partial charge in [-0.05, 0) is 161 Å². The normalized spacial score (nSPS) is 23.8. The van der Waals surface area contributed by atoms with Gasteiger partial charge in [-0.15, -0.1) is 0 Å². The van der Waals surface area contributed by atoms with E-state index in [2.05, 4.69) is 93.6 Å². The highest BCUT2D eigenvalue weighted by Crippen LogP contribution is 2.38. The number of hydrogen-bond acceptors (Lipinski definition) is 7. The number of carboxylic acid groups (broad SMARTS) is 3. The zero-order chi connectivity index (χ0) is 38.3. The average Bonchev–Trinajstić information content (AvgIpc) is 4.02. The molecule has 0 spiro atoms. The summed E-state index contributed by atoms with van der Waals surface area (Å²) in [6.45, 7) is 6.59. The molecule has 3 aromatic rings. The Hall–Kier alpha value is -4.09. The van der Waals surface area contributed by atoms with Gasteiger partial charge in [0, 0.05) is 0 Å². The molecule has 6 N–H and O–H groups in total. The minimum atomic E-state index is -0.739. The van der Waals surface area contributed by atoms with E-state index in [0.717, 1.165) is 112 Å². The summed E-state index contributed by atoms with van der Waals surface area (Å²) in [5.41, 5.74) is 6.69. The van der Waals surface area contributed by atoms with Gasteiger partial charge in [-0.25, -0.2) is 0 Å². The van der Waals surface area contributed by atoms with Crippen molar-refractivity contribution in [2.45, 2.75) is 63.3 Å². The minimum absolute atomic E-state index is 0.0610. The van der Waals surface area contributed by atoms with Crippen LogP contribution in [0.25, 0.3) is 0 Å². The molecule has 0 bridgehead atoms. The Balaban J connectivity index is 1.11. The van der Waals surface area contributed by atoms with Gasteiger partial charge in [0.2, 0.25) is 0 Å². The van der Waals surface area contributed by atoms with Crippen LogP contribution in [0.15, 0.2) is 72.8 Å². The van der Waals surface area contributed by atoms with Crippen molar-refractivity contribution in [3.05, 3.63) is 106 Å². The molecular formula is C45H58N4O6. The summed E-state index contributed by atoms with van der Waals surface area (Å²) < 4.78 is 0. The van der Waals surface area contributed by atoms with E-state index in [4.69, 9.17) is 0 Å². The van der Waals surface area contributed by atoms with Gasteiger partial charge in [-0.2, -0.15) is 0 Å². The lowest BCUT2D eigenvalue weighted by molar-refractivity contribution is -0.144. The first kappa shape index (κ1) is 39.2. The average molecular weight is 751 g/mol. The SMILES string of the molecule is O=C(O)[C@@H](Cc1ccc(C2CCN(C(c3cccc(C[C@H](C(=O)O)[C@H]4CCNC4)c3)c3cccc(C[C@H](C(=O)O)[C@H]4CCNC4)c3)CC2)cc1)[C@H]1CCNC1. The predicted octanol–water partition coefficient (Wildman–Crippen LogP) is 5.21. The van der Waals surface area contributed by atoms with E-state index in [9.17, 15) is 29.7 Å². The summed E-state index contributed by atoms with van der Waals surface area (Å²) in [6, 6.07) is 25.6. The lowest BCUT2D eigenvalue weighted by atomic mass is 9.83. The van der Waals surface area contributed by atoms with Gasteiger partial charge < -0.3 is 31.3 Å². The third-order valence-corrected chi connectivity index (χ3v) is 13.2. The van der Waals surface area contributed by atoms with Crippen LogP contribution in [0.1, 0.15) is 77.4 Å². The molecule has 4 heterocycles. The molecule has 3 aromatic carbocycles. The number of aliphatic carboxylic acids is 3. The highest BCUT2D eigenvalue weighted by atomic mass is 16.4. The third kappa shape index (κ3) is 9.66. The van der Waals surface area contributed by atoms with Crippen molar-refractivity contribution in [3.8, 4) is 0 Å². The molecule has 0 amide bonds. The molecule has 0 saturated carbocycles. The first-order chi connectivity index (χ1) is 26.7. The van der Waals surface area contributed by atoms with E-state index in [-0.39, 0.29) is 29.7 Å². The summed E-state index contributed by atoms with van der Waals surface area (Å²) in [5.74, 6) is -2.66. The van der Waals surface area contributed by atoms with Crippen LogP contribution in [0.4, 0.5) is 0 Å². The van der Waals surface area contributed by atoms with Gasteiger partial charge >= 0.3 is 17.9 Å². The predicted molar refractivity (Wildman–Crippen MR) is 212 cm³/mol. The second kappa shape index (κ2) is 18.2. The summed E-state index contributed by atoms with van der Waals surface area (Å²) in [6.07, 6.45) is 6.14. The Morgan fingerprint density at radius 3 is 1.36 bits per heavy atom. The number of carboxylic acids is 3. The zero-order valence-electron chi connectivity index (χ0n) is 31.9. The monoisotopic (exact) mass is 750 g/mol. The number of benzene rings is 3. The van der Waals surface area contributed by atoms with Crippen molar-refractivity contribution in [1.29, 1.82) is 0 Å². The van der Waals surface area contributed by atoms with E-state index in [1.165, 1.54) is 5.56 Å². The zero-order valence-corrected chi connectivity index (χ0v) is 31.9. The highest BCUT2D eigenvalue weighted by molar-refractivity contribution is 5.72. The van der Waals surface area contributed by atoms with Crippen molar-refractivity contribution in [3.63, 3.8) is 0 Å². The Morgan fingerprint density at radius 1 is 0.564 bits per heavy atom. The number of carbonyl (C=O) groups is 3. The molecule has 4 saturated heterocycles. The van der Waals surface area contributed by atoms with Crippen LogP contribution in [0, 0.1) is 35.5 Å². The minimum Gasteiger partial charge on any atom is -0.481 e. The molecule has 4 aliphatic heterocycles. The number of nitrogens with one attached hydrogen (secondary N) is 3. The fraction of sp³-hybridized carbons (Fsp3) is 0.533. The van der Waals surface area contributed by atoms with Crippen molar-refractivity contribution in [1.82, 2.24) is 20.9 Å². The lowest BCUT2D eigenvalue weighted by Crippen LogP contribution is -2.37. The fourth-order valence-electron chi connectivity index (χ4n) is 10.0. The summed E-state index contributed by atoms with van der Waals surface area (Å²) in [4.78, 5) is 39.5. The molecule has 0 aromatic heterocycles. The maximum atomic E-state index is 12.4. The molecule has 7 rings (SSSR count). The Bertz CT molecular complexity index is 1680. The van der Waals surface area contributed by atoms with Crippen LogP contribution in [0.5, 0.6) is 0 Å². The molecule has 10 nitrogen and oxygen atoms in total. The first-order valence-electron chi connectivity index (χ1n) is 20.5. The largest absolute Gasteiger partial charge is 0.481 e. The number of nitrogens with zero attached hydrogens (tertiary/aromatic N) is 1. The van der Waals surface area contributed by atoms with Crippen molar-refractivity contribution in [2.24, 2.45) is 35.5 Å². The molecule has 6 atom stereocenters. The molecule has 0 aliphatic carbocycles. The summed E-state index contributed by atoms with van der Waals surface area (Å²) in [7, 11) is 0. The smallest absolute Gasteiger partial charge is 0.307 e. The molecule has 4 aliphatic rings. The van der Waals surface area contributed by atoms with E-state index < -0.39 is 29.7 Å². The van der Waals surface area contributed by atoms with E-state index in [0.29, 0.717) is 25.2 Å². The molecule has 4 fully saturated rings. The summed E-state index contributed by atoms with van der Waals surface area (Å²) in [5, 5.41) is 40.3. The van der Waals surface area contributed by atoms with Gasteiger partial charge in [-0.3, -0.25) is 19.3 Å². The summed E-state index contributed by atoms with van der Waals surface area (Å²) >= 11 is 0. The van der Waals surface area contributed by atoms with Gasteiger partial charge in [0.05, 0.1) is 23.8 Å². The highest BCUT2D eigenvalue weighted by Gasteiger charge is 2.34. The Kier molecular flexibility index (Phi) is 13.0. The molecule has 0 radical (unpaired) electrons. The molecular weight excluding hydrogens is 693 g/mol. The maximum Gasteiger partial charge on any atom is 0.307 e. The van der Waals surface area contributed by atoms with Gasteiger partial charge in [0.1, 0.15) is 0 Å². The van der Waals surface area contributed by atoms with Crippen LogP contribution in [-0.2, 0) is 33.6 Å². The molecule has 0 unspecified atom stereocenters. The Morgan fingerprint density at radius 2 is 0.982 bits per heavy atom. The van der Waals surface area contributed by atoms with Crippen molar-refractivity contribution < 1.29 is 29.7 Å². The topological polar surface area (TPSA) is 151 Å². The van der Waals surface area contributed by atoms with Crippen LogP contribution < -0.4 is 16.0 Å². The molecule has 294 valence electrons. The van der Waals surface area contributed by atoms with Crippen molar-refractivity contribution in [2.75, 3.05) is 52.4 Å². The molecule has 55 heavy (non-hydrogen) atoms. The quantitative estimate of drug-likeness (QED) is 0.115.